The van der Waals surface area contributed by atoms with E-state index in [1.807, 2.05) is 6.92 Å². The first-order valence-corrected chi connectivity index (χ1v) is 6.25. The van der Waals surface area contributed by atoms with E-state index in [0.29, 0.717) is 16.8 Å². The van der Waals surface area contributed by atoms with E-state index in [9.17, 15) is 4.79 Å². The zero-order valence-electron chi connectivity index (χ0n) is 10.4. The van der Waals surface area contributed by atoms with Crippen molar-refractivity contribution in [3.63, 3.8) is 0 Å². The lowest BCUT2D eigenvalue weighted by atomic mass is 10.2. The van der Waals surface area contributed by atoms with Crippen LogP contribution in [0.3, 0.4) is 0 Å². The van der Waals surface area contributed by atoms with Gasteiger partial charge in [0.15, 0.2) is 5.82 Å². The van der Waals surface area contributed by atoms with Crippen LogP contribution in [0.5, 0.6) is 10.9 Å². The number of methoxy groups -OCH3 is 1. The number of nitrogens with zero attached hydrogens (tertiary/aromatic N) is 2. The Morgan fingerprint density at radius 1 is 1.37 bits per heavy atom. The SMILES string of the molecule is COC(C)c1nsc(Oc2ccc(C(=O)O)cc2)n1. The third-order valence-corrected chi connectivity index (χ3v) is 3.06. The highest BCUT2D eigenvalue weighted by Gasteiger charge is 2.12. The van der Waals surface area contributed by atoms with Crippen LogP contribution in [0.25, 0.3) is 0 Å². The Bertz CT molecular complexity index is 567. The lowest BCUT2D eigenvalue weighted by molar-refractivity contribution is 0.0697. The van der Waals surface area contributed by atoms with E-state index in [1.165, 1.54) is 12.1 Å². The van der Waals surface area contributed by atoms with Gasteiger partial charge in [-0.1, -0.05) is 0 Å². The van der Waals surface area contributed by atoms with Gasteiger partial charge >= 0.3 is 5.97 Å². The van der Waals surface area contributed by atoms with Crippen molar-refractivity contribution in [3.05, 3.63) is 35.7 Å². The van der Waals surface area contributed by atoms with E-state index in [-0.39, 0.29) is 11.7 Å². The molecule has 1 atom stereocenters. The molecule has 1 aromatic carbocycles. The van der Waals surface area contributed by atoms with Gasteiger partial charge in [-0.2, -0.15) is 9.36 Å². The highest BCUT2D eigenvalue weighted by molar-refractivity contribution is 7.07. The fourth-order valence-corrected chi connectivity index (χ4v) is 1.93. The van der Waals surface area contributed by atoms with Crippen LogP contribution in [-0.4, -0.2) is 27.5 Å². The summed E-state index contributed by atoms with van der Waals surface area (Å²) in [5.41, 5.74) is 0.207. The molecule has 0 bridgehead atoms. The number of hydrogen-bond acceptors (Lipinski definition) is 6. The van der Waals surface area contributed by atoms with Gasteiger partial charge < -0.3 is 14.6 Å². The maximum Gasteiger partial charge on any atom is 0.335 e. The van der Waals surface area contributed by atoms with Crippen LogP contribution in [0.1, 0.15) is 29.2 Å². The topological polar surface area (TPSA) is 81.5 Å². The minimum absolute atomic E-state index is 0.192. The maximum absolute atomic E-state index is 10.7. The molecule has 19 heavy (non-hydrogen) atoms. The molecule has 0 aliphatic carbocycles. The molecule has 2 rings (SSSR count). The van der Waals surface area contributed by atoms with E-state index in [0.717, 1.165) is 11.5 Å². The number of ether oxygens (including phenoxy) is 2. The lowest BCUT2D eigenvalue weighted by Crippen LogP contribution is -1.98. The molecule has 2 aromatic rings. The number of rotatable bonds is 5. The number of benzene rings is 1. The Balaban J connectivity index is 2.08. The Labute approximate surface area is 113 Å². The van der Waals surface area contributed by atoms with E-state index < -0.39 is 5.97 Å². The molecule has 6 nitrogen and oxygen atoms in total. The molecule has 0 fully saturated rings. The molecule has 0 amide bonds. The Kier molecular flexibility index (Phi) is 4.08. The van der Waals surface area contributed by atoms with Crippen molar-refractivity contribution in [2.24, 2.45) is 0 Å². The van der Waals surface area contributed by atoms with Crippen molar-refractivity contribution >= 4 is 17.5 Å². The molecule has 1 aromatic heterocycles. The number of carboxylic acid groups (broad SMARTS) is 1. The van der Waals surface area contributed by atoms with Crippen LogP contribution in [0.2, 0.25) is 0 Å². The summed E-state index contributed by atoms with van der Waals surface area (Å²) in [6, 6.07) is 6.09. The Morgan fingerprint density at radius 2 is 2.05 bits per heavy atom. The number of carbonyl (C=O) groups is 1. The molecule has 0 saturated carbocycles. The quantitative estimate of drug-likeness (QED) is 0.906. The van der Waals surface area contributed by atoms with Crippen LogP contribution in [0.4, 0.5) is 0 Å². The number of hydrogen-bond donors (Lipinski definition) is 1. The minimum atomic E-state index is -0.973. The first-order valence-electron chi connectivity index (χ1n) is 5.47. The first kappa shape index (κ1) is 13.4. The molecular formula is C12H12N2O4S. The van der Waals surface area contributed by atoms with Gasteiger partial charge in [0.05, 0.1) is 5.56 Å². The van der Waals surface area contributed by atoms with E-state index in [1.54, 1.807) is 19.2 Å². The second-order valence-corrected chi connectivity index (χ2v) is 4.44. The molecule has 1 heterocycles. The van der Waals surface area contributed by atoms with Crippen LogP contribution in [0.15, 0.2) is 24.3 Å². The predicted molar refractivity (Wildman–Crippen MR) is 68.8 cm³/mol. The zero-order valence-corrected chi connectivity index (χ0v) is 11.2. The molecule has 0 saturated heterocycles. The highest BCUT2D eigenvalue weighted by atomic mass is 32.1. The van der Waals surface area contributed by atoms with Crippen molar-refractivity contribution in [2.45, 2.75) is 13.0 Å². The Hall–Kier alpha value is -1.99. The van der Waals surface area contributed by atoms with Crippen LogP contribution >= 0.6 is 11.5 Å². The summed E-state index contributed by atoms with van der Waals surface area (Å²) < 4.78 is 14.7. The smallest absolute Gasteiger partial charge is 0.335 e. The molecule has 100 valence electrons. The average molecular weight is 280 g/mol. The highest BCUT2D eigenvalue weighted by Crippen LogP contribution is 2.25. The monoisotopic (exact) mass is 280 g/mol. The summed E-state index contributed by atoms with van der Waals surface area (Å²) in [6.07, 6.45) is -0.192. The maximum atomic E-state index is 10.7. The zero-order chi connectivity index (χ0) is 13.8. The summed E-state index contributed by atoms with van der Waals surface area (Å²) >= 11 is 1.12. The molecule has 0 aliphatic heterocycles. The van der Waals surface area contributed by atoms with Gasteiger partial charge in [-0.05, 0) is 31.2 Å². The molecule has 0 aliphatic rings. The van der Waals surface area contributed by atoms with Crippen molar-refractivity contribution in [3.8, 4) is 10.9 Å². The van der Waals surface area contributed by atoms with Crippen LogP contribution < -0.4 is 4.74 Å². The summed E-state index contributed by atoms with van der Waals surface area (Å²) in [7, 11) is 1.58. The van der Waals surface area contributed by atoms with Gasteiger partial charge in [0.1, 0.15) is 11.9 Å². The minimum Gasteiger partial charge on any atom is -0.478 e. The molecular weight excluding hydrogens is 268 g/mol. The largest absolute Gasteiger partial charge is 0.478 e. The summed E-state index contributed by atoms with van der Waals surface area (Å²) in [5, 5.41) is 9.17. The molecule has 1 N–H and O–H groups in total. The van der Waals surface area contributed by atoms with Gasteiger partial charge in [-0.15, -0.1) is 0 Å². The average Bonchev–Trinajstić information content (AvgIpc) is 2.87. The van der Waals surface area contributed by atoms with Gasteiger partial charge in [0.25, 0.3) is 5.19 Å². The van der Waals surface area contributed by atoms with E-state index in [4.69, 9.17) is 14.6 Å². The number of aromatic carboxylic acids is 1. The van der Waals surface area contributed by atoms with Crippen molar-refractivity contribution in [2.75, 3.05) is 7.11 Å². The lowest BCUT2D eigenvalue weighted by Gasteiger charge is -2.03. The van der Waals surface area contributed by atoms with Crippen molar-refractivity contribution in [1.29, 1.82) is 0 Å². The predicted octanol–water partition coefficient (Wildman–Crippen LogP) is 2.74. The number of aromatic nitrogens is 2. The molecule has 1 unspecified atom stereocenters. The van der Waals surface area contributed by atoms with Gasteiger partial charge in [-0.25, -0.2) is 4.79 Å². The third kappa shape index (κ3) is 3.27. The molecule has 7 heteroatoms. The summed E-state index contributed by atoms with van der Waals surface area (Å²) in [4.78, 5) is 14.9. The molecule has 0 spiro atoms. The van der Waals surface area contributed by atoms with Gasteiger partial charge in [0, 0.05) is 18.6 Å². The standard InChI is InChI=1S/C12H12N2O4S/c1-7(17-2)10-13-12(19-14-10)18-9-5-3-8(4-6-9)11(15)16/h3-7H,1-2H3,(H,15,16). The van der Waals surface area contributed by atoms with Gasteiger partial charge in [0.2, 0.25) is 0 Å². The first-order chi connectivity index (χ1) is 9.10. The van der Waals surface area contributed by atoms with E-state index in [2.05, 4.69) is 9.36 Å². The Morgan fingerprint density at radius 3 is 2.63 bits per heavy atom. The van der Waals surface area contributed by atoms with Crippen molar-refractivity contribution < 1.29 is 19.4 Å². The normalized spacial score (nSPS) is 12.1. The van der Waals surface area contributed by atoms with Gasteiger partial charge in [-0.3, -0.25) is 0 Å². The number of carboxylic acids is 1. The third-order valence-electron chi connectivity index (χ3n) is 2.45. The summed E-state index contributed by atoms with van der Waals surface area (Å²) in [6.45, 7) is 1.84. The fraction of sp³-hybridized carbons (Fsp3) is 0.250. The van der Waals surface area contributed by atoms with Crippen LogP contribution in [-0.2, 0) is 4.74 Å². The molecule has 0 radical (unpaired) electrons. The van der Waals surface area contributed by atoms with Crippen molar-refractivity contribution in [1.82, 2.24) is 9.36 Å². The fourth-order valence-electron chi connectivity index (χ4n) is 1.30. The second-order valence-electron chi connectivity index (χ2n) is 3.73. The summed E-state index contributed by atoms with van der Waals surface area (Å²) in [5.74, 6) is 0.0982. The van der Waals surface area contributed by atoms with E-state index >= 15 is 0 Å². The van der Waals surface area contributed by atoms with Crippen LogP contribution in [0, 0.1) is 0 Å². The second kappa shape index (κ2) is 5.77.